The van der Waals surface area contributed by atoms with E-state index in [9.17, 15) is 0 Å². The monoisotopic (exact) mass is 269 g/mol. The summed E-state index contributed by atoms with van der Waals surface area (Å²) in [6, 6.07) is 0. The van der Waals surface area contributed by atoms with Crippen molar-refractivity contribution in [2.75, 3.05) is 0 Å². The van der Waals surface area contributed by atoms with Gasteiger partial charge in [-0.2, -0.15) is 4.98 Å². The Hall–Kier alpha value is -0.880. The molecule has 0 aliphatic carbocycles. The predicted molar refractivity (Wildman–Crippen MR) is 69.5 cm³/mol. The van der Waals surface area contributed by atoms with Crippen molar-refractivity contribution in [1.82, 2.24) is 15.1 Å². The fourth-order valence-electron chi connectivity index (χ4n) is 1.24. The van der Waals surface area contributed by atoms with E-state index in [1.807, 2.05) is 12.3 Å². The van der Waals surface area contributed by atoms with Gasteiger partial charge in [-0.1, -0.05) is 30.8 Å². The van der Waals surface area contributed by atoms with Gasteiger partial charge in [0.15, 0.2) is 10.2 Å². The zero-order valence-corrected chi connectivity index (χ0v) is 11.9. The quantitative estimate of drug-likeness (QED) is 0.790. The summed E-state index contributed by atoms with van der Waals surface area (Å²) < 4.78 is 6.30. The van der Waals surface area contributed by atoms with Gasteiger partial charge in [-0.25, -0.2) is 4.98 Å². The third kappa shape index (κ3) is 3.07. The lowest BCUT2D eigenvalue weighted by atomic mass is 10.2. The van der Waals surface area contributed by atoms with Crippen molar-refractivity contribution in [2.24, 2.45) is 0 Å². The second-order valence-corrected chi connectivity index (χ2v) is 6.61. The minimum Gasteiger partial charge on any atom is -0.338 e. The summed E-state index contributed by atoms with van der Waals surface area (Å²) in [5, 5.41) is 6.15. The maximum Gasteiger partial charge on any atom is 0.239 e. The molecular formula is C11H15N3OS2. The van der Waals surface area contributed by atoms with E-state index >= 15 is 0 Å². The minimum atomic E-state index is 0.139. The molecule has 0 N–H and O–H groups in total. The maximum atomic E-state index is 5.26. The minimum absolute atomic E-state index is 0.139. The van der Waals surface area contributed by atoms with Gasteiger partial charge in [-0.15, -0.1) is 11.3 Å². The second kappa shape index (κ2) is 5.18. The Balaban J connectivity index is 2.06. The van der Waals surface area contributed by atoms with Crippen LogP contribution in [0.4, 0.5) is 0 Å². The van der Waals surface area contributed by atoms with E-state index in [2.05, 4.69) is 35.9 Å². The summed E-state index contributed by atoms with van der Waals surface area (Å²) in [6.45, 7) is 8.15. The largest absolute Gasteiger partial charge is 0.338 e. The Morgan fingerprint density at radius 1 is 1.29 bits per heavy atom. The first kappa shape index (κ1) is 12.6. The SMILES string of the molecule is Cc1csc(SC(C)c2nc(C(C)C)no2)n1. The summed E-state index contributed by atoms with van der Waals surface area (Å²) in [5.74, 6) is 1.74. The lowest BCUT2D eigenvalue weighted by Crippen LogP contribution is -1.92. The van der Waals surface area contributed by atoms with Crippen LogP contribution in [0.25, 0.3) is 0 Å². The molecule has 17 heavy (non-hydrogen) atoms. The van der Waals surface area contributed by atoms with Gasteiger partial charge >= 0.3 is 0 Å². The van der Waals surface area contributed by atoms with Crippen LogP contribution in [0.5, 0.6) is 0 Å². The van der Waals surface area contributed by atoms with E-state index < -0.39 is 0 Å². The average Bonchev–Trinajstić information content (AvgIpc) is 2.86. The molecule has 0 aliphatic heterocycles. The Labute approximate surface area is 109 Å². The van der Waals surface area contributed by atoms with Gasteiger partial charge in [-0.05, 0) is 13.8 Å². The summed E-state index contributed by atoms with van der Waals surface area (Å²) >= 11 is 3.30. The Bertz CT molecular complexity index is 492. The first-order valence-electron chi connectivity index (χ1n) is 5.48. The molecule has 1 atom stereocenters. The topological polar surface area (TPSA) is 51.8 Å². The van der Waals surface area contributed by atoms with E-state index in [1.165, 1.54) is 0 Å². The Kier molecular flexibility index (Phi) is 3.83. The molecule has 2 aromatic heterocycles. The van der Waals surface area contributed by atoms with Gasteiger partial charge in [0.25, 0.3) is 0 Å². The van der Waals surface area contributed by atoms with Gasteiger partial charge in [-0.3, -0.25) is 0 Å². The number of aryl methyl sites for hydroxylation is 1. The number of aromatic nitrogens is 3. The van der Waals surface area contributed by atoms with Gasteiger partial charge < -0.3 is 4.52 Å². The van der Waals surface area contributed by atoms with Crippen LogP contribution >= 0.6 is 23.1 Å². The molecule has 0 aliphatic rings. The second-order valence-electron chi connectivity index (χ2n) is 4.16. The predicted octanol–water partition coefficient (Wildman–Crippen LogP) is 3.81. The smallest absolute Gasteiger partial charge is 0.239 e. The highest BCUT2D eigenvalue weighted by Crippen LogP contribution is 2.35. The first-order valence-corrected chi connectivity index (χ1v) is 7.24. The average molecular weight is 269 g/mol. The molecule has 0 fully saturated rings. The highest BCUT2D eigenvalue weighted by molar-refractivity contribution is 8.01. The molecule has 2 aromatic rings. The molecule has 6 heteroatoms. The van der Waals surface area contributed by atoms with E-state index in [0.29, 0.717) is 11.8 Å². The lowest BCUT2D eigenvalue weighted by molar-refractivity contribution is 0.373. The van der Waals surface area contributed by atoms with E-state index in [4.69, 9.17) is 4.52 Å². The fourth-order valence-corrected chi connectivity index (χ4v) is 3.25. The summed E-state index contributed by atoms with van der Waals surface area (Å²) in [7, 11) is 0. The lowest BCUT2D eigenvalue weighted by Gasteiger charge is -2.02. The number of thiazole rings is 1. The van der Waals surface area contributed by atoms with Crippen LogP contribution < -0.4 is 0 Å². The fraction of sp³-hybridized carbons (Fsp3) is 0.545. The van der Waals surface area contributed by atoms with Crippen molar-refractivity contribution in [1.29, 1.82) is 0 Å². The van der Waals surface area contributed by atoms with Crippen LogP contribution in [0, 0.1) is 6.92 Å². The molecule has 0 amide bonds. The number of hydrogen-bond donors (Lipinski definition) is 0. The van der Waals surface area contributed by atoms with Crippen LogP contribution in [0.3, 0.4) is 0 Å². The standard InChI is InChI=1S/C11H15N3OS2/c1-6(2)9-13-10(15-14-9)8(4)17-11-12-7(3)5-16-11/h5-6,8H,1-4H3. The maximum absolute atomic E-state index is 5.26. The van der Waals surface area contributed by atoms with Crippen LogP contribution in [0.15, 0.2) is 14.2 Å². The van der Waals surface area contributed by atoms with Crippen LogP contribution in [0.1, 0.15) is 49.3 Å². The molecule has 1 unspecified atom stereocenters. The molecule has 0 saturated heterocycles. The molecule has 0 bridgehead atoms. The normalized spacial score (nSPS) is 13.2. The van der Waals surface area contributed by atoms with E-state index in [0.717, 1.165) is 15.9 Å². The number of nitrogens with zero attached hydrogens (tertiary/aromatic N) is 3. The van der Waals surface area contributed by atoms with E-state index in [1.54, 1.807) is 23.1 Å². The Morgan fingerprint density at radius 3 is 2.59 bits per heavy atom. The van der Waals surface area contributed by atoms with Crippen molar-refractivity contribution < 1.29 is 4.52 Å². The molecule has 4 nitrogen and oxygen atoms in total. The number of hydrogen-bond acceptors (Lipinski definition) is 6. The van der Waals surface area contributed by atoms with Gasteiger partial charge in [0, 0.05) is 17.0 Å². The van der Waals surface area contributed by atoms with Crippen LogP contribution in [-0.4, -0.2) is 15.1 Å². The van der Waals surface area contributed by atoms with Crippen LogP contribution in [-0.2, 0) is 0 Å². The van der Waals surface area contributed by atoms with Crippen molar-refractivity contribution in [3.63, 3.8) is 0 Å². The summed E-state index contributed by atoms with van der Waals surface area (Å²) in [6.07, 6.45) is 0. The van der Waals surface area contributed by atoms with E-state index in [-0.39, 0.29) is 5.25 Å². The molecule has 2 rings (SSSR count). The van der Waals surface area contributed by atoms with Gasteiger partial charge in [0.05, 0.1) is 5.25 Å². The summed E-state index contributed by atoms with van der Waals surface area (Å²) in [4.78, 5) is 8.80. The third-order valence-electron chi connectivity index (χ3n) is 2.20. The molecule has 0 spiro atoms. The zero-order valence-electron chi connectivity index (χ0n) is 10.3. The highest BCUT2D eigenvalue weighted by atomic mass is 32.2. The molecule has 0 saturated carbocycles. The van der Waals surface area contributed by atoms with Gasteiger partial charge in [0.2, 0.25) is 5.89 Å². The first-order chi connectivity index (χ1) is 8.06. The number of thioether (sulfide) groups is 1. The summed E-state index contributed by atoms with van der Waals surface area (Å²) in [5.41, 5.74) is 1.05. The molecule has 0 aromatic carbocycles. The Morgan fingerprint density at radius 2 is 2.06 bits per heavy atom. The molecule has 0 radical (unpaired) electrons. The van der Waals surface area contributed by atoms with Gasteiger partial charge in [0.1, 0.15) is 0 Å². The van der Waals surface area contributed by atoms with Crippen LogP contribution in [0.2, 0.25) is 0 Å². The van der Waals surface area contributed by atoms with Crippen molar-refractivity contribution >= 4 is 23.1 Å². The molecular weight excluding hydrogens is 254 g/mol. The third-order valence-corrected chi connectivity index (χ3v) is 4.37. The zero-order chi connectivity index (χ0) is 12.4. The van der Waals surface area contributed by atoms with Crippen molar-refractivity contribution in [3.05, 3.63) is 22.8 Å². The van der Waals surface area contributed by atoms with Crippen molar-refractivity contribution in [3.8, 4) is 0 Å². The number of rotatable bonds is 4. The van der Waals surface area contributed by atoms with Crippen molar-refractivity contribution in [2.45, 2.75) is 43.2 Å². The molecule has 92 valence electrons. The highest BCUT2D eigenvalue weighted by Gasteiger charge is 2.18. The molecule has 2 heterocycles.